The molecule has 0 aromatic heterocycles. The molecule has 1 heterocycles. The lowest BCUT2D eigenvalue weighted by Gasteiger charge is -2.32. The molecule has 2 unspecified atom stereocenters. The van der Waals surface area contributed by atoms with E-state index in [-0.39, 0.29) is 0 Å². The minimum absolute atomic E-state index is 0.377. The third-order valence-corrected chi connectivity index (χ3v) is 2.11. The number of rotatable bonds is 0. The highest BCUT2D eigenvalue weighted by molar-refractivity contribution is 4.82. The third-order valence-electron chi connectivity index (χ3n) is 2.11. The Labute approximate surface area is 60.0 Å². The maximum Gasteiger partial charge on any atom is 0.118 e. The van der Waals surface area contributed by atoms with Crippen molar-refractivity contribution in [3.05, 3.63) is 0 Å². The molecule has 2 atom stereocenters. The van der Waals surface area contributed by atoms with Crippen molar-refractivity contribution in [3.63, 3.8) is 0 Å². The van der Waals surface area contributed by atoms with Crippen LogP contribution in [0.5, 0.6) is 0 Å². The maximum absolute atomic E-state index is 12.8. The van der Waals surface area contributed by atoms with Gasteiger partial charge in [0.25, 0.3) is 0 Å². The Morgan fingerprint density at radius 1 is 1.20 bits per heavy atom. The Kier molecular flexibility index (Phi) is 2.24. The smallest absolute Gasteiger partial charge is 0.118 e. The van der Waals surface area contributed by atoms with E-state index < -0.39 is 18.3 Å². The molecule has 1 nitrogen and oxygen atoms in total. The second-order valence-corrected chi connectivity index (χ2v) is 3.11. The summed E-state index contributed by atoms with van der Waals surface area (Å²) >= 11 is 0. The topological polar surface area (TPSA) is 3.24 Å². The molecular weight excluding hydrogens is 136 g/mol. The molecule has 1 rings (SSSR count). The predicted molar refractivity (Wildman–Crippen MR) is 36.5 cm³/mol. The lowest BCUT2D eigenvalue weighted by atomic mass is 9.96. The number of likely N-dealkylation sites (tertiary alicyclic amines) is 1. The van der Waals surface area contributed by atoms with Gasteiger partial charge in [0, 0.05) is 19.0 Å². The van der Waals surface area contributed by atoms with Crippen molar-refractivity contribution in [2.45, 2.75) is 19.3 Å². The number of halogens is 2. The minimum Gasteiger partial charge on any atom is -0.301 e. The molecule has 0 aromatic carbocycles. The first-order valence-electron chi connectivity index (χ1n) is 3.58. The van der Waals surface area contributed by atoms with E-state index in [4.69, 9.17) is 0 Å². The second kappa shape index (κ2) is 2.82. The fourth-order valence-electron chi connectivity index (χ4n) is 1.23. The van der Waals surface area contributed by atoms with Gasteiger partial charge < -0.3 is 4.90 Å². The lowest BCUT2D eigenvalue weighted by molar-refractivity contribution is 0.0380. The molecule has 1 fully saturated rings. The predicted octanol–water partition coefficient (Wildman–Crippen LogP) is 1.24. The molecule has 0 amide bonds. The third kappa shape index (κ3) is 1.45. The van der Waals surface area contributed by atoms with Crippen molar-refractivity contribution < 1.29 is 8.78 Å². The van der Waals surface area contributed by atoms with Crippen LogP contribution >= 0.6 is 0 Å². The molecule has 1 aliphatic heterocycles. The highest BCUT2D eigenvalue weighted by Crippen LogP contribution is 2.21. The van der Waals surface area contributed by atoms with Crippen LogP contribution in [0.2, 0.25) is 0 Å². The van der Waals surface area contributed by atoms with Gasteiger partial charge in [-0.15, -0.1) is 0 Å². The molecule has 10 heavy (non-hydrogen) atoms. The van der Waals surface area contributed by atoms with Crippen molar-refractivity contribution in [2.24, 2.45) is 5.92 Å². The Hall–Kier alpha value is -0.180. The van der Waals surface area contributed by atoms with Crippen molar-refractivity contribution >= 4 is 0 Å². The summed E-state index contributed by atoms with van der Waals surface area (Å²) in [4.78, 5) is 1.69. The Bertz CT molecular complexity index is 106. The fourth-order valence-corrected chi connectivity index (χ4v) is 1.23. The summed E-state index contributed by atoms with van der Waals surface area (Å²) in [6.07, 6.45) is -1.98. The van der Waals surface area contributed by atoms with Gasteiger partial charge in [0.15, 0.2) is 0 Å². The van der Waals surface area contributed by atoms with Crippen LogP contribution < -0.4 is 0 Å². The molecule has 60 valence electrons. The maximum atomic E-state index is 12.8. The summed E-state index contributed by atoms with van der Waals surface area (Å²) in [6, 6.07) is 0. The summed E-state index contributed by atoms with van der Waals surface area (Å²) in [6.45, 7) is 2.38. The summed E-state index contributed by atoms with van der Waals surface area (Å²) in [5.41, 5.74) is 0. The Morgan fingerprint density at radius 3 is 2.00 bits per heavy atom. The van der Waals surface area contributed by atoms with E-state index >= 15 is 0 Å². The number of piperidine rings is 1. The van der Waals surface area contributed by atoms with Crippen LogP contribution in [0.1, 0.15) is 6.92 Å². The summed E-state index contributed by atoms with van der Waals surface area (Å²) < 4.78 is 25.6. The van der Waals surface area contributed by atoms with E-state index in [2.05, 4.69) is 0 Å². The summed E-state index contributed by atoms with van der Waals surface area (Å²) in [7, 11) is 1.74. The van der Waals surface area contributed by atoms with E-state index in [1.807, 2.05) is 0 Å². The van der Waals surface area contributed by atoms with E-state index in [1.54, 1.807) is 18.9 Å². The van der Waals surface area contributed by atoms with E-state index in [0.717, 1.165) is 0 Å². The summed E-state index contributed by atoms with van der Waals surface area (Å²) in [5.74, 6) is -0.420. The number of alkyl halides is 2. The first kappa shape index (κ1) is 7.92. The zero-order valence-corrected chi connectivity index (χ0v) is 6.35. The normalized spacial score (nSPS) is 43.8. The molecule has 0 saturated carbocycles. The fraction of sp³-hybridized carbons (Fsp3) is 1.00. The van der Waals surface area contributed by atoms with Crippen molar-refractivity contribution in [1.82, 2.24) is 4.90 Å². The average molecular weight is 149 g/mol. The van der Waals surface area contributed by atoms with Gasteiger partial charge in [-0.25, -0.2) is 8.78 Å². The molecular formula is C7H13F2N. The van der Waals surface area contributed by atoms with Gasteiger partial charge in [0.05, 0.1) is 0 Å². The van der Waals surface area contributed by atoms with Gasteiger partial charge in [-0.05, 0) is 7.05 Å². The van der Waals surface area contributed by atoms with Gasteiger partial charge in [-0.3, -0.25) is 0 Å². The van der Waals surface area contributed by atoms with Crippen molar-refractivity contribution in [3.8, 4) is 0 Å². The largest absolute Gasteiger partial charge is 0.301 e. The van der Waals surface area contributed by atoms with Gasteiger partial charge in [0.1, 0.15) is 12.3 Å². The minimum atomic E-state index is -0.992. The molecule has 3 heteroatoms. The lowest BCUT2D eigenvalue weighted by Crippen LogP contribution is -2.45. The first-order valence-corrected chi connectivity index (χ1v) is 3.58. The summed E-state index contributed by atoms with van der Waals surface area (Å²) in [5, 5.41) is 0. The molecule has 0 aliphatic carbocycles. The molecule has 0 spiro atoms. The van der Waals surface area contributed by atoms with Gasteiger partial charge in [-0.2, -0.15) is 0 Å². The Morgan fingerprint density at radius 2 is 1.60 bits per heavy atom. The Balaban J connectivity index is 2.49. The SMILES string of the molecule is CC1C(F)CN(C)CC1F. The zero-order valence-electron chi connectivity index (χ0n) is 6.35. The molecule has 1 aliphatic rings. The standard InChI is InChI=1S/C7H13F2N/c1-5-6(8)3-10(2)4-7(5)9/h5-7H,3-4H2,1-2H3. The van der Waals surface area contributed by atoms with Gasteiger partial charge in [-0.1, -0.05) is 6.92 Å². The first-order chi connectivity index (χ1) is 4.61. The number of hydrogen-bond donors (Lipinski definition) is 0. The van der Waals surface area contributed by atoms with Crippen LogP contribution in [-0.2, 0) is 0 Å². The number of hydrogen-bond acceptors (Lipinski definition) is 1. The van der Waals surface area contributed by atoms with E-state index in [9.17, 15) is 8.78 Å². The molecule has 0 radical (unpaired) electrons. The molecule has 0 aromatic rings. The second-order valence-electron chi connectivity index (χ2n) is 3.11. The molecule has 0 bridgehead atoms. The monoisotopic (exact) mass is 149 g/mol. The van der Waals surface area contributed by atoms with Gasteiger partial charge >= 0.3 is 0 Å². The van der Waals surface area contributed by atoms with E-state index in [1.165, 1.54) is 0 Å². The van der Waals surface area contributed by atoms with Crippen LogP contribution in [0, 0.1) is 5.92 Å². The number of nitrogens with zero attached hydrogens (tertiary/aromatic N) is 1. The van der Waals surface area contributed by atoms with Crippen LogP contribution in [-0.4, -0.2) is 37.4 Å². The quantitative estimate of drug-likeness (QED) is 0.501. The van der Waals surface area contributed by atoms with Crippen LogP contribution in [0.15, 0.2) is 0 Å². The van der Waals surface area contributed by atoms with Crippen molar-refractivity contribution in [2.75, 3.05) is 20.1 Å². The highest BCUT2D eigenvalue weighted by Gasteiger charge is 2.32. The zero-order chi connectivity index (χ0) is 7.72. The van der Waals surface area contributed by atoms with Crippen LogP contribution in [0.25, 0.3) is 0 Å². The van der Waals surface area contributed by atoms with Crippen LogP contribution in [0.4, 0.5) is 8.78 Å². The van der Waals surface area contributed by atoms with Gasteiger partial charge in [0.2, 0.25) is 0 Å². The average Bonchev–Trinajstić information content (AvgIpc) is 1.82. The van der Waals surface area contributed by atoms with Crippen LogP contribution in [0.3, 0.4) is 0 Å². The van der Waals surface area contributed by atoms with E-state index in [0.29, 0.717) is 13.1 Å². The van der Waals surface area contributed by atoms with Crippen molar-refractivity contribution in [1.29, 1.82) is 0 Å². The molecule has 0 N–H and O–H groups in total. The molecule has 1 saturated heterocycles. The highest BCUT2D eigenvalue weighted by atomic mass is 19.1.